The lowest BCUT2D eigenvalue weighted by atomic mass is 10.1. The summed E-state index contributed by atoms with van der Waals surface area (Å²) < 4.78 is 30.2. The van der Waals surface area contributed by atoms with Crippen molar-refractivity contribution in [3.63, 3.8) is 0 Å². The van der Waals surface area contributed by atoms with Crippen LogP contribution in [0.1, 0.15) is 97.8 Å². The number of unbranched alkanes of at least 4 members (excludes halogenated alkanes) is 6. The van der Waals surface area contributed by atoms with Crippen molar-refractivity contribution in [2.75, 3.05) is 39.5 Å². The molecule has 34 heavy (non-hydrogen) atoms. The van der Waals surface area contributed by atoms with E-state index in [0.29, 0.717) is 19.8 Å². The molecule has 3 rings (SSSR count). The van der Waals surface area contributed by atoms with Gasteiger partial charge in [0.2, 0.25) is 0 Å². The molecule has 0 aromatic rings. The minimum atomic E-state index is -0.694. The van der Waals surface area contributed by atoms with Crippen molar-refractivity contribution in [3.05, 3.63) is 0 Å². The Morgan fingerprint density at radius 3 is 2.24 bits per heavy atom. The Balaban J connectivity index is 1.33. The molecule has 5 atom stereocenters. The lowest BCUT2D eigenvalue weighted by molar-refractivity contribution is -0.244. The quantitative estimate of drug-likeness (QED) is 0.319. The number of hydrogen-bond acceptors (Lipinski definition) is 7. The van der Waals surface area contributed by atoms with Gasteiger partial charge in [0.1, 0.15) is 18.3 Å². The van der Waals surface area contributed by atoms with Crippen LogP contribution in [-0.4, -0.2) is 86.0 Å². The molecule has 0 spiro atoms. The van der Waals surface area contributed by atoms with Crippen LogP contribution in [0.15, 0.2) is 0 Å². The average molecular weight is 486 g/mol. The van der Waals surface area contributed by atoms with Crippen molar-refractivity contribution in [2.24, 2.45) is 0 Å². The maximum absolute atomic E-state index is 11.0. The van der Waals surface area contributed by atoms with E-state index in [-0.39, 0.29) is 12.2 Å². The van der Waals surface area contributed by atoms with Gasteiger partial charge in [-0.1, -0.05) is 58.3 Å². The molecule has 3 heterocycles. The van der Waals surface area contributed by atoms with E-state index in [4.69, 9.17) is 23.7 Å². The number of aliphatic hydroxyl groups is 1. The van der Waals surface area contributed by atoms with Gasteiger partial charge >= 0.3 is 0 Å². The second kappa shape index (κ2) is 15.1. The van der Waals surface area contributed by atoms with E-state index in [1.54, 1.807) is 0 Å². The maximum Gasteiger partial charge on any atom is 0.187 e. The second-order valence-corrected chi connectivity index (χ2v) is 10.8. The van der Waals surface area contributed by atoms with Gasteiger partial charge < -0.3 is 33.7 Å². The van der Waals surface area contributed by atoms with Crippen LogP contribution in [-0.2, 0) is 23.7 Å². The highest BCUT2D eigenvalue weighted by atomic mass is 16.8. The first-order valence-corrected chi connectivity index (χ1v) is 14.1. The summed E-state index contributed by atoms with van der Waals surface area (Å²) in [7, 11) is 0. The van der Waals surface area contributed by atoms with Gasteiger partial charge in [0.15, 0.2) is 12.1 Å². The minimum Gasteiger partial charge on any atom is -0.389 e. The predicted molar refractivity (Wildman–Crippen MR) is 133 cm³/mol. The van der Waals surface area contributed by atoms with E-state index in [9.17, 15) is 5.11 Å². The van der Waals surface area contributed by atoms with Crippen molar-refractivity contribution < 1.29 is 28.8 Å². The standard InChI is InChI=1S/C27H51NO6/c1-4-5-6-7-8-11-14-18-30-19-15-20-31-26-25-24(33-27(2,3)34-25)23(32-26)22(29)21-28-16-12-9-10-13-17-28/h22-26,29H,4-21H2,1-3H3/t22-,23-,24+,25+,26+/m1/s1. The van der Waals surface area contributed by atoms with Crippen LogP contribution in [0.5, 0.6) is 0 Å². The first-order chi connectivity index (χ1) is 16.5. The smallest absolute Gasteiger partial charge is 0.187 e. The molecule has 0 unspecified atom stereocenters. The molecule has 0 radical (unpaired) electrons. The van der Waals surface area contributed by atoms with Crippen LogP contribution >= 0.6 is 0 Å². The summed E-state index contributed by atoms with van der Waals surface area (Å²) in [6.45, 7) is 10.8. The van der Waals surface area contributed by atoms with Crippen LogP contribution in [0.25, 0.3) is 0 Å². The Kier molecular flexibility index (Phi) is 12.6. The Hall–Kier alpha value is -0.280. The summed E-state index contributed by atoms with van der Waals surface area (Å²) in [5, 5.41) is 11.0. The number of fused-ring (bicyclic) bond motifs is 1. The van der Waals surface area contributed by atoms with Crippen LogP contribution in [0.3, 0.4) is 0 Å². The largest absolute Gasteiger partial charge is 0.389 e. The monoisotopic (exact) mass is 485 g/mol. The van der Waals surface area contributed by atoms with Crippen LogP contribution in [0, 0.1) is 0 Å². The number of likely N-dealkylation sites (tertiary alicyclic amines) is 1. The predicted octanol–water partition coefficient (Wildman–Crippen LogP) is 4.64. The van der Waals surface area contributed by atoms with Gasteiger partial charge in [-0.25, -0.2) is 0 Å². The fraction of sp³-hybridized carbons (Fsp3) is 1.00. The van der Waals surface area contributed by atoms with Gasteiger partial charge in [0, 0.05) is 19.8 Å². The third-order valence-corrected chi connectivity index (χ3v) is 7.18. The Bertz CT molecular complexity index is 539. The maximum atomic E-state index is 11.0. The number of hydrogen-bond donors (Lipinski definition) is 1. The van der Waals surface area contributed by atoms with Crippen LogP contribution in [0.2, 0.25) is 0 Å². The van der Waals surface area contributed by atoms with Crippen LogP contribution < -0.4 is 0 Å². The molecule has 0 aromatic heterocycles. The van der Waals surface area contributed by atoms with Gasteiger partial charge in [0.25, 0.3) is 0 Å². The zero-order valence-electron chi connectivity index (χ0n) is 22.1. The third-order valence-electron chi connectivity index (χ3n) is 7.18. The first-order valence-electron chi connectivity index (χ1n) is 14.1. The number of rotatable bonds is 16. The van der Waals surface area contributed by atoms with Crippen LogP contribution in [0.4, 0.5) is 0 Å². The molecule has 3 saturated heterocycles. The molecule has 7 nitrogen and oxygen atoms in total. The molecule has 7 heteroatoms. The number of β-amino-alcohol motifs (C(OH)–C–C–N with tert-alkyl or cyclic N) is 1. The first kappa shape index (κ1) is 28.3. The van der Waals surface area contributed by atoms with E-state index in [2.05, 4.69) is 11.8 Å². The van der Waals surface area contributed by atoms with E-state index >= 15 is 0 Å². The zero-order valence-corrected chi connectivity index (χ0v) is 22.1. The molecule has 3 aliphatic rings. The highest BCUT2D eigenvalue weighted by molar-refractivity contribution is 4.98. The Morgan fingerprint density at radius 2 is 1.50 bits per heavy atom. The highest BCUT2D eigenvalue weighted by Crippen LogP contribution is 2.40. The molecule has 0 aromatic carbocycles. The highest BCUT2D eigenvalue weighted by Gasteiger charge is 2.57. The van der Waals surface area contributed by atoms with E-state index in [1.807, 2.05) is 13.8 Å². The number of aliphatic hydroxyl groups excluding tert-OH is 1. The zero-order chi connectivity index (χ0) is 24.2. The van der Waals surface area contributed by atoms with Gasteiger partial charge in [-0.05, 0) is 52.6 Å². The molecule has 1 N–H and O–H groups in total. The van der Waals surface area contributed by atoms with Crippen molar-refractivity contribution in [2.45, 2.75) is 134 Å². The second-order valence-electron chi connectivity index (χ2n) is 10.8. The molecule has 0 saturated carbocycles. The molecular weight excluding hydrogens is 434 g/mol. The third kappa shape index (κ3) is 9.30. The van der Waals surface area contributed by atoms with Gasteiger partial charge in [0.05, 0.1) is 12.7 Å². The van der Waals surface area contributed by atoms with Crippen molar-refractivity contribution >= 4 is 0 Å². The van der Waals surface area contributed by atoms with Crippen molar-refractivity contribution in [3.8, 4) is 0 Å². The molecular formula is C27H51NO6. The molecule has 0 aliphatic carbocycles. The van der Waals surface area contributed by atoms with Gasteiger partial charge in [-0.15, -0.1) is 0 Å². The Morgan fingerprint density at radius 1 is 0.853 bits per heavy atom. The summed E-state index contributed by atoms with van der Waals surface area (Å²) in [4.78, 5) is 2.35. The lowest BCUT2D eigenvalue weighted by Crippen LogP contribution is -2.45. The summed E-state index contributed by atoms with van der Waals surface area (Å²) in [5.74, 6) is -0.694. The fourth-order valence-corrected chi connectivity index (χ4v) is 5.35. The van der Waals surface area contributed by atoms with Crippen molar-refractivity contribution in [1.82, 2.24) is 4.90 Å². The average Bonchev–Trinajstić information content (AvgIpc) is 3.15. The molecule has 0 amide bonds. The summed E-state index contributed by atoms with van der Waals surface area (Å²) in [6.07, 6.45) is 12.7. The summed E-state index contributed by atoms with van der Waals surface area (Å²) in [6, 6.07) is 0. The fourth-order valence-electron chi connectivity index (χ4n) is 5.35. The normalized spacial score (nSPS) is 30.4. The summed E-state index contributed by atoms with van der Waals surface area (Å²) in [5.41, 5.74) is 0. The van der Waals surface area contributed by atoms with E-state index in [1.165, 1.54) is 64.2 Å². The number of nitrogens with zero attached hydrogens (tertiary/aromatic N) is 1. The van der Waals surface area contributed by atoms with Gasteiger partial charge in [-0.3, -0.25) is 0 Å². The summed E-state index contributed by atoms with van der Waals surface area (Å²) >= 11 is 0. The topological polar surface area (TPSA) is 69.6 Å². The van der Waals surface area contributed by atoms with Gasteiger partial charge in [-0.2, -0.15) is 0 Å². The number of ether oxygens (including phenoxy) is 5. The molecule has 3 fully saturated rings. The molecule has 0 bridgehead atoms. The minimum absolute atomic E-state index is 0.310. The lowest BCUT2D eigenvalue weighted by Gasteiger charge is -2.29. The van der Waals surface area contributed by atoms with E-state index < -0.39 is 24.3 Å². The molecule has 200 valence electrons. The van der Waals surface area contributed by atoms with Crippen molar-refractivity contribution in [1.29, 1.82) is 0 Å². The molecule has 3 aliphatic heterocycles. The van der Waals surface area contributed by atoms with E-state index in [0.717, 1.165) is 32.5 Å². The SMILES string of the molecule is CCCCCCCCCOCCCO[C@H]1O[C@H]([C@H](O)CN2CCCCCC2)[C@@H]2OC(C)(C)O[C@H]12. The Labute approximate surface area is 207 Å².